The smallest absolute Gasteiger partial charge is 0.0738 e. The average molecular weight is 346 g/mol. The highest BCUT2D eigenvalue weighted by Gasteiger charge is 2.24. The van der Waals surface area contributed by atoms with E-state index in [1.807, 2.05) is 18.7 Å². The largest absolute Gasteiger partial charge is 0.379 e. The van der Waals surface area contributed by atoms with Crippen molar-refractivity contribution in [2.45, 2.75) is 58.6 Å². The summed E-state index contributed by atoms with van der Waals surface area (Å²) in [4.78, 5) is 0. The summed E-state index contributed by atoms with van der Waals surface area (Å²) in [5.74, 6) is 0. The van der Waals surface area contributed by atoms with Gasteiger partial charge in [-0.05, 0) is 56.1 Å². The van der Waals surface area contributed by atoms with E-state index in [0.717, 1.165) is 36.0 Å². The number of aromatic nitrogens is 2. The molecular formula is C15H28BrN3O. The van der Waals surface area contributed by atoms with Crippen molar-refractivity contribution in [3.8, 4) is 0 Å². The van der Waals surface area contributed by atoms with Gasteiger partial charge in [0.2, 0.25) is 0 Å². The number of hydrogen-bond acceptors (Lipinski definition) is 3. The SMILES string of the molecule is CCCNC(Cc1c(Br)c(C)nn1C)CC(C)(C)OC. The molecule has 0 spiro atoms. The molecule has 1 unspecified atom stereocenters. The highest BCUT2D eigenvalue weighted by atomic mass is 79.9. The van der Waals surface area contributed by atoms with Crippen LogP contribution in [0.4, 0.5) is 0 Å². The second-order valence-corrected chi connectivity index (χ2v) is 6.79. The standard InChI is InChI=1S/C15H28BrN3O/c1-7-8-17-12(10-15(3,4)20-6)9-13-14(16)11(2)18-19(13)5/h12,17H,7-10H2,1-6H3. The minimum absolute atomic E-state index is 0.120. The maximum Gasteiger partial charge on any atom is 0.0738 e. The van der Waals surface area contributed by atoms with Gasteiger partial charge < -0.3 is 10.1 Å². The molecule has 0 radical (unpaired) electrons. The third-order valence-electron chi connectivity index (χ3n) is 3.67. The van der Waals surface area contributed by atoms with Gasteiger partial charge in [-0.25, -0.2) is 0 Å². The molecule has 116 valence electrons. The van der Waals surface area contributed by atoms with Crippen molar-refractivity contribution in [3.63, 3.8) is 0 Å². The van der Waals surface area contributed by atoms with Crippen LogP contribution in [0.5, 0.6) is 0 Å². The van der Waals surface area contributed by atoms with E-state index < -0.39 is 0 Å². The second-order valence-electron chi connectivity index (χ2n) is 5.99. The number of halogens is 1. The number of aryl methyl sites for hydroxylation is 2. The van der Waals surface area contributed by atoms with E-state index in [2.05, 4.69) is 47.1 Å². The number of methoxy groups -OCH3 is 1. The Labute approximate surface area is 131 Å². The summed E-state index contributed by atoms with van der Waals surface area (Å²) in [6.45, 7) is 9.52. The van der Waals surface area contributed by atoms with Crippen molar-refractivity contribution >= 4 is 15.9 Å². The molecule has 0 bridgehead atoms. The van der Waals surface area contributed by atoms with Crippen LogP contribution in [0.1, 0.15) is 45.0 Å². The Balaban J connectivity index is 2.83. The minimum atomic E-state index is -0.120. The molecule has 0 saturated carbocycles. The van der Waals surface area contributed by atoms with Gasteiger partial charge in [-0.3, -0.25) is 4.68 Å². The fraction of sp³-hybridized carbons (Fsp3) is 0.800. The van der Waals surface area contributed by atoms with E-state index in [-0.39, 0.29) is 5.60 Å². The van der Waals surface area contributed by atoms with Gasteiger partial charge >= 0.3 is 0 Å². The minimum Gasteiger partial charge on any atom is -0.379 e. The molecule has 4 nitrogen and oxygen atoms in total. The monoisotopic (exact) mass is 345 g/mol. The third kappa shape index (κ3) is 4.86. The van der Waals surface area contributed by atoms with E-state index in [0.29, 0.717) is 6.04 Å². The Kier molecular flexibility index (Phi) is 6.69. The average Bonchev–Trinajstić information content (AvgIpc) is 2.62. The van der Waals surface area contributed by atoms with Crippen LogP contribution < -0.4 is 5.32 Å². The van der Waals surface area contributed by atoms with Crippen LogP contribution in [0.25, 0.3) is 0 Å². The molecule has 0 amide bonds. The molecule has 0 aliphatic heterocycles. The van der Waals surface area contributed by atoms with E-state index >= 15 is 0 Å². The van der Waals surface area contributed by atoms with Crippen LogP contribution >= 0.6 is 15.9 Å². The lowest BCUT2D eigenvalue weighted by Crippen LogP contribution is -2.39. The zero-order chi connectivity index (χ0) is 15.3. The van der Waals surface area contributed by atoms with Crippen molar-refractivity contribution in [2.75, 3.05) is 13.7 Å². The summed E-state index contributed by atoms with van der Waals surface area (Å²) in [6, 6.07) is 0.385. The predicted molar refractivity (Wildman–Crippen MR) is 87.1 cm³/mol. The highest BCUT2D eigenvalue weighted by molar-refractivity contribution is 9.10. The molecule has 0 aliphatic carbocycles. The summed E-state index contributed by atoms with van der Waals surface area (Å²) in [6.07, 6.45) is 3.06. The van der Waals surface area contributed by atoms with Gasteiger partial charge in [0.25, 0.3) is 0 Å². The first-order chi connectivity index (χ1) is 9.30. The number of ether oxygens (including phenoxy) is 1. The Morgan fingerprint density at radius 3 is 2.55 bits per heavy atom. The summed E-state index contributed by atoms with van der Waals surface area (Å²) >= 11 is 3.65. The molecule has 1 N–H and O–H groups in total. The lowest BCUT2D eigenvalue weighted by molar-refractivity contribution is 0.00699. The molecule has 5 heteroatoms. The maximum atomic E-state index is 5.58. The van der Waals surface area contributed by atoms with Gasteiger partial charge in [0, 0.05) is 26.6 Å². The van der Waals surface area contributed by atoms with E-state index in [1.165, 1.54) is 5.69 Å². The summed E-state index contributed by atoms with van der Waals surface area (Å²) in [7, 11) is 3.78. The van der Waals surface area contributed by atoms with Crippen molar-refractivity contribution < 1.29 is 4.74 Å². The molecule has 1 rings (SSSR count). The van der Waals surface area contributed by atoms with Crippen molar-refractivity contribution in [2.24, 2.45) is 7.05 Å². The first-order valence-electron chi connectivity index (χ1n) is 7.27. The third-order valence-corrected chi connectivity index (χ3v) is 4.71. The van der Waals surface area contributed by atoms with Crippen molar-refractivity contribution in [1.82, 2.24) is 15.1 Å². The lowest BCUT2D eigenvalue weighted by atomic mass is 9.95. The quantitative estimate of drug-likeness (QED) is 0.786. The molecule has 1 aromatic heterocycles. The topological polar surface area (TPSA) is 39.1 Å². The molecule has 0 saturated heterocycles. The lowest BCUT2D eigenvalue weighted by Gasteiger charge is -2.29. The molecule has 20 heavy (non-hydrogen) atoms. The van der Waals surface area contributed by atoms with E-state index in [1.54, 1.807) is 7.11 Å². The van der Waals surface area contributed by atoms with Gasteiger partial charge in [0.05, 0.1) is 21.5 Å². The Morgan fingerprint density at radius 1 is 1.45 bits per heavy atom. The van der Waals surface area contributed by atoms with Crippen LogP contribution in [0.3, 0.4) is 0 Å². The van der Waals surface area contributed by atoms with Crippen LogP contribution in [-0.4, -0.2) is 35.1 Å². The summed E-state index contributed by atoms with van der Waals surface area (Å²) in [5.41, 5.74) is 2.16. The second kappa shape index (κ2) is 7.57. The number of rotatable bonds is 8. The van der Waals surface area contributed by atoms with Crippen LogP contribution in [0, 0.1) is 6.92 Å². The van der Waals surface area contributed by atoms with Gasteiger partial charge in [-0.1, -0.05) is 6.92 Å². The zero-order valence-electron chi connectivity index (χ0n) is 13.6. The van der Waals surface area contributed by atoms with Gasteiger partial charge in [0.15, 0.2) is 0 Å². The molecule has 0 aromatic carbocycles. The molecule has 0 fully saturated rings. The van der Waals surface area contributed by atoms with Gasteiger partial charge in [-0.2, -0.15) is 5.10 Å². The molecule has 0 aliphatic rings. The zero-order valence-corrected chi connectivity index (χ0v) is 15.2. The van der Waals surface area contributed by atoms with Crippen LogP contribution in [0.2, 0.25) is 0 Å². The van der Waals surface area contributed by atoms with Crippen LogP contribution in [-0.2, 0) is 18.2 Å². The van der Waals surface area contributed by atoms with E-state index in [4.69, 9.17) is 4.74 Å². The van der Waals surface area contributed by atoms with Crippen LogP contribution in [0.15, 0.2) is 4.47 Å². The normalized spacial score (nSPS) is 13.8. The van der Waals surface area contributed by atoms with Crippen molar-refractivity contribution in [1.29, 1.82) is 0 Å². The summed E-state index contributed by atoms with van der Waals surface area (Å²) < 4.78 is 8.67. The Morgan fingerprint density at radius 2 is 2.10 bits per heavy atom. The first kappa shape index (κ1) is 17.7. The number of nitrogens with one attached hydrogen (secondary N) is 1. The Bertz CT molecular complexity index is 429. The number of nitrogens with zero attached hydrogens (tertiary/aromatic N) is 2. The molecule has 1 heterocycles. The van der Waals surface area contributed by atoms with E-state index in [9.17, 15) is 0 Å². The van der Waals surface area contributed by atoms with Crippen molar-refractivity contribution in [3.05, 3.63) is 15.9 Å². The molecule has 1 atom stereocenters. The summed E-state index contributed by atoms with van der Waals surface area (Å²) in [5, 5.41) is 8.10. The Hall–Kier alpha value is -0.390. The first-order valence-corrected chi connectivity index (χ1v) is 8.06. The maximum absolute atomic E-state index is 5.58. The highest BCUT2D eigenvalue weighted by Crippen LogP contribution is 2.24. The van der Waals surface area contributed by atoms with Gasteiger partial charge in [0.1, 0.15) is 0 Å². The van der Waals surface area contributed by atoms with Gasteiger partial charge in [-0.15, -0.1) is 0 Å². The fourth-order valence-electron chi connectivity index (χ4n) is 2.38. The molecular weight excluding hydrogens is 318 g/mol. The predicted octanol–water partition coefficient (Wildman–Crippen LogP) is 3.22. The fourth-order valence-corrected chi connectivity index (χ4v) is 2.87. The number of hydrogen-bond donors (Lipinski definition) is 1. The molecule has 1 aromatic rings.